The van der Waals surface area contributed by atoms with Gasteiger partial charge in [0.1, 0.15) is 24.3 Å². The van der Waals surface area contributed by atoms with Crippen molar-refractivity contribution in [1.82, 2.24) is 20.2 Å². The summed E-state index contributed by atoms with van der Waals surface area (Å²) in [6.07, 6.45) is -0.810. The number of benzene rings is 2. The second kappa shape index (κ2) is 7.18. The molecule has 6 nitrogen and oxygen atoms in total. The molecule has 3 rings (SSSR count). The number of aliphatic hydroxyl groups excluding tert-OH is 1. The van der Waals surface area contributed by atoms with E-state index in [0.717, 1.165) is 11.1 Å². The summed E-state index contributed by atoms with van der Waals surface area (Å²) in [5.41, 5.74) is 2.02. The van der Waals surface area contributed by atoms with E-state index < -0.39 is 6.10 Å². The Morgan fingerprint density at radius 1 is 1.12 bits per heavy atom. The molecule has 0 fully saturated rings. The van der Waals surface area contributed by atoms with Crippen molar-refractivity contribution < 1.29 is 14.2 Å². The lowest BCUT2D eigenvalue weighted by Crippen LogP contribution is -2.25. The quantitative estimate of drug-likeness (QED) is 0.751. The van der Waals surface area contributed by atoms with Crippen LogP contribution in [0.15, 0.2) is 48.5 Å². The summed E-state index contributed by atoms with van der Waals surface area (Å²) in [7, 11) is 0. The molecule has 0 saturated carbocycles. The summed E-state index contributed by atoms with van der Waals surface area (Å²) in [5.74, 6) is 0.655. The van der Waals surface area contributed by atoms with Gasteiger partial charge in [-0.1, -0.05) is 29.8 Å². The highest BCUT2D eigenvalue weighted by molar-refractivity contribution is 5.53. The SMILES string of the molecule is Cc1ccc(-c2nnn(CC(O)COc3ccc(F)cc3)n2)cc1. The van der Waals surface area contributed by atoms with E-state index in [1.54, 1.807) is 0 Å². The number of aliphatic hydroxyl groups is 1. The number of halogens is 1. The van der Waals surface area contributed by atoms with Crippen molar-refractivity contribution in [2.45, 2.75) is 19.6 Å². The molecule has 1 unspecified atom stereocenters. The number of tetrazole rings is 1. The second-order valence-electron chi connectivity index (χ2n) is 5.45. The van der Waals surface area contributed by atoms with Crippen LogP contribution in [-0.4, -0.2) is 38.0 Å². The second-order valence-corrected chi connectivity index (χ2v) is 5.45. The third-order valence-electron chi connectivity index (χ3n) is 3.39. The molecule has 24 heavy (non-hydrogen) atoms. The molecular formula is C17H17FN4O2. The molecule has 0 aliphatic rings. The molecule has 2 aromatic carbocycles. The average molecular weight is 328 g/mol. The van der Waals surface area contributed by atoms with Gasteiger partial charge in [-0.25, -0.2) is 4.39 Å². The zero-order chi connectivity index (χ0) is 16.9. The first-order chi connectivity index (χ1) is 11.6. The Morgan fingerprint density at radius 2 is 1.83 bits per heavy atom. The van der Waals surface area contributed by atoms with Crippen LogP contribution in [0, 0.1) is 12.7 Å². The first-order valence-electron chi connectivity index (χ1n) is 7.51. The first-order valence-corrected chi connectivity index (χ1v) is 7.51. The van der Waals surface area contributed by atoms with Crippen molar-refractivity contribution in [1.29, 1.82) is 0 Å². The minimum atomic E-state index is -0.810. The third kappa shape index (κ3) is 4.14. The van der Waals surface area contributed by atoms with Crippen LogP contribution in [0.5, 0.6) is 5.75 Å². The zero-order valence-electron chi connectivity index (χ0n) is 13.1. The lowest BCUT2D eigenvalue weighted by molar-refractivity contribution is 0.0849. The molecular weight excluding hydrogens is 311 g/mol. The summed E-state index contributed by atoms with van der Waals surface area (Å²) in [4.78, 5) is 1.33. The van der Waals surface area contributed by atoms with Crippen molar-refractivity contribution in [2.24, 2.45) is 0 Å². The number of aromatic nitrogens is 4. The van der Waals surface area contributed by atoms with Gasteiger partial charge in [-0.15, -0.1) is 10.2 Å². The molecule has 0 spiro atoms. The first kappa shape index (κ1) is 16.1. The molecule has 7 heteroatoms. The van der Waals surface area contributed by atoms with Crippen LogP contribution in [0.2, 0.25) is 0 Å². The van der Waals surface area contributed by atoms with Crippen LogP contribution in [-0.2, 0) is 6.54 Å². The van der Waals surface area contributed by atoms with Crippen LogP contribution < -0.4 is 4.74 Å². The highest BCUT2D eigenvalue weighted by Gasteiger charge is 2.11. The van der Waals surface area contributed by atoms with Gasteiger partial charge in [0.25, 0.3) is 0 Å². The van der Waals surface area contributed by atoms with Gasteiger partial charge in [0, 0.05) is 5.56 Å². The summed E-state index contributed by atoms with van der Waals surface area (Å²) < 4.78 is 18.2. The van der Waals surface area contributed by atoms with Gasteiger partial charge < -0.3 is 9.84 Å². The summed E-state index contributed by atoms with van der Waals surface area (Å²) in [6.45, 7) is 2.21. The Labute approximate surface area is 138 Å². The van der Waals surface area contributed by atoms with Crippen LogP contribution in [0.4, 0.5) is 4.39 Å². The molecule has 0 saturated heterocycles. The van der Waals surface area contributed by atoms with E-state index in [9.17, 15) is 9.50 Å². The fraction of sp³-hybridized carbons (Fsp3) is 0.235. The molecule has 1 aromatic heterocycles. The number of aryl methyl sites for hydroxylation is 1. The lowest BCUT2D eigenvalue weighted by atomic mass is 10.1. The van der Waals surface area contributed by atoms with Gasteiger partial charge >= 0.3 is 0 Å². The van der Waals surface area contributed by atoms with E-state index in [-0.39, 0.29) is 19.0 Å². The minimum Gasteiger partial charge on any atom is -0.491 e. The van der Waals surface area contributed by atoms with Crippen molar-refractivity contribution in [3.63, 3.8) is 0 Å². The van der Waals surface area contributed by atoms with E-state index in [1.165, 1.54) is 29.1 Å². The summed E-state index contributed by atoms with van der Waals surface area (Å²) in [5, 5.41) is 22.2. The highest BCUT2D eigenvalue weighted by Crippen LogP contribution is 2.14. The number of nitrogens with zero attached hydrogens (tertiary/aromatic N) is 4. The fourth-order valence-corrected chi connectivity index (χ4v) is 2.10. The molecule has 0 bridgehead atoms. The summed E-state index contributed by atoms with van der Waals surface area (Å²) >= 11 is 0. The Balaban J connectivity index is 1.55. The molecule has 3 aromatic rings. The van der Waals surface area contributed by atoms with Crippen LogP contribution in [0.3, 0.4) is 0 Å². The molecule has 1 atom stereocenters. The Kier molecular flexibility index (Phi) is 4.81. The maximum absolute atomic E-state index is 12.8. The molecule has 0 aliphatic heterocycles. The predicted octanol–water partition coefficient (Wildman–Crippen LogP) is 2.23. The Bertz CT molecular complexity index is 787. The normalized spacial score (nSPS) is 12.1. The number of ether oxygens (including phenoxy) is 1. The van der Waals surface area contributed by atoms with Gasteiger partial charge in [0.15, 0.2) is 0 Å². The average Bonchev–Trinajstić information content (AvgIpc) is 3.03. The van der Waals surface area contributed by atoms with Gasteiger partial charge in [0.2, 0.25) is 5.82 Å². The lowest BCUT2D eigenvalue weighted by Gasteiger charge is -2.11. The maximum Gasteiger partial charge on any atom is 0.204 e. The van der Waals surface area contributed by atoms with Gasteiger partial charge in [-0.05, 0) is 36.4 Å². The van der Waals surface area contributed by atoms with Gasteiger partial charge in [-0.2, -0.15) is 4.80 Å². The Morgan fingerprint density at radius 3 is 2.54 bits per heavy atom. The van der Waals surface area contributed by atoms with Crippen LogP contribution >= 0.6 is 0 Å². The molecule has 0 radical (unpaired) electrons. The van der Waals surface area contributed by atoms with E-state index in [2.05, 4.69) is 15.4 Å². The monoisotopic (exact) mass is 328 g/mol. The van der Waals surface area contributed by atoms with Crippen molar-refractivity contribution in [3.8, 4) is 17.1 Å². The molecule has 0 aliphatic carbocycles. The standard InChI is InChI=1S/C17H17FN4O2/c1-12-2-4-13(5-3-12)17-19-21-22(20-17)10-15(23)11-24-16-8-6-14(18)7-9-16/h2-9,15,23H,10-11H2,1H3. The largest absolute Gasteiger partial charge is 0.491 e. The maximum atomic E-state index is 12.8. The van der Waals surface area contributed by atoms with Crippen LogP contribution in [0.1, 0.15) is 5.56 Å². The van der Waals surface area contributed by atoms with E-state index >= 15 is 0 Å². The van der Waals surface area contributed by atoms with E-state index in [4.69, 9.17) is 4.74 Å². The van der Waals surface area contributed by atoms with Crippen LogP contribution in [0.25, 0.3) is 11.4 Å². The fourth-order valence-electron chi connectivity index (χ4n) is 2.10. The molecule has 1 heterocycles. The van der Waals surface area contributed by atoms with Gasteiger partial charge in [-0.3, -0.25) is 0 Å². The topological polar surface area (TPSA) is 73.1 Å². The minimum absolute atomic E-state index is 0.0486. The van der Waals surface area contributed by atoms with Crippen molar-refractivity contribution in [3.05, 3.63) is 59.9 Å². The van der Waals surface area contributed by atoms with E-state index in [1.807, 2.05) is 31.2 Å². The predicted molar refractivity (Wildman–Crippen MR) is 85.9 cm³/mol. The number of hydrogen-bond acceptors (Lipinski definition) is 5. The Hall–Kier alpha value is -2.80. The van der Waals surface area contributed by atoms with Crippen molar-refractivity contribution >= 4 is 0 Å². The smallest absolute Gasteiger partial charge is 0.204 e. The van der Waals surface area contributed by atoms with Gasteiger partial charge in [0.05, 0.1) is 6.54 Å². The number of hydrogen-bond donors (Lipinski definition) is 1. The molecule has 1 N–H and O–H groups in total. The summed E-state index contributed by atoms with van der Waals surface area (Å²) in [6, 6.07) is 13.4. The highest BCUT2D eigenvalue weighted by atomic mass is 19.1. The zero-order valence-corrected chi connectivity index (χ0v) is 13.1. The number of rotatable bonds is 6. The molecule has 124 valence electrons. The van der Waals surface area contributed by atoms with Crippen molar-refractivity contribution in [2.75, 3.05) is 6.61 Å². The third-order valence-corrected chi connectivity index (χ3v) is 3.39. The molecule has 0 amide bonds. The van der Waals surface area contributed by atoms with E-state index in [0.29, 0.717) is 11.6 Å².